The summed E-state index contributed by atoms with van der Waals surface area (Å²) in [5.41, 5.74) is 6.17. The number of pyridine rings is 2. The van der Waals surface area contributed by atoms with Gasteiger partial charge in [-0.2, -0.15) is 0 Å². The van der Waals surface area contributed by atoms with E-state index in [0.29, 0.717) is 56.2 Å². The summed E-state index contributed by atoms with van der Waals surface area (Å²) in [6.45, 7) is 7.35. The standard InChI is InChI=1S/C9H12ClN3O3.C9H14ClN3O/c1-2-16-6-5-11-9-7(13(14)15)3-4-8(10)12-9;1-2-14-6-5-12-9-7(11)3-4-8(10)13-9/h3-4H,2,5-6H2,1H3,(H,11,12);3-4H,2,5-6,11H2,1H3,(H,12,13). The topological polar surface area (TPSA) is 137 Å². The van der Waals surface area contributed by atoms with Gasteiger partial charge in [0, 0.05) is 32.4 Å². The lowest BCUT2D eigenvalue weighted by molar-refractivity contribution is -0.384. The second-order valence-corrected chi connectivity index (χ2v) is 6.35. The summed E-state index contributed by atoms with van der Waals surface area (Å²) in [5, 5.41) is 17.2. The molecule has 0 amide bonds. The molecule has 2 aromatic heterocycles. The van der Waals surface area contributed by atoms with Crippen LogP contribution >= 0.6 is 23.2 Å². The molecule has 0 aromatic carbocycles. The first kappa shape index (κ1) is 25.6. The second-order valence-electron chi connectivity index (χ2n) is 5.58. The smallest absolute Gasteiger partial charge is 0.311 e. The van der Waals surface area contributed by atoms with E-state index in [1.165, 1.54) is 12.1 Å². The van der Waals surface area contributed by atoms with Crippen LogP contribution in [0.25, 0.3) is 0 Å². The fraction of sp³-hybridized carbons (Fsp3) is 0.444. The van der Waals surface area contributed by atoms with Gasteiger partial charge in [-0.3, -0.25) is 10.1 Å². The Morgan fingerprint density at radius 2 is 1.47 bits per heavy atom. The molecular formula is C18H26Cl2N6O4. The van der Waals surface area contributed by atoms with Crippen molar-refractivity contribution in [1.29, 1.82) is 0 Å². The van der Waals surface area contributed by atoms with Gasteiger partial charge in [-0.1, -0.05) is 23.2 Å². The van der Waals surface area contributed by atoms with Gasteiger partial charge in [0.1, 0.15) is 10.3 Å². The van der Waals surface area contributed by atoms with E-state index in [1.54, 1.807) is 12.1 Å². The fourth-order valence-electron chi connectivity index (χ4n) is 2.06. The van der Waals surface area contributed by atoms with Crippen LogP contribution in [0.3, 0.4) is 0 Å². The first-order chi connectivity index (χ1) is 14.4. The molecule has 0 radical (unpaired) electrons. The number of nitrogens with zero attached hydrogens (tertiary/aromatic N) is 3. The summed E-state index contributed by atoms with van der Waals surface area (Å²) in [6.07, 6.45) is 0. The summed E-state index contributed by atoms with van der Waals surface area (Å²) in [4.78, 5) is 18.1. The van der Waals surface area contributed by atoms with Gasteiger partial charge in [0.2, 0.25) is 5.82 Å². The monoisotopic (exact) mass is 460 g/mol. The zero-order valence-corrected chi connectivity index (χ0v) is 18.4. The van der Waals surface area contributed by atoms with Crippen LogP contribution < -0.4 is 16.4 Å². The van der Waals surface area contributed by atoms with E-state index in [4.69, 9.17) is 38.4 Å². The highest BCUT2D eigenvalue weighted by Gasteiger charge is 2.14. The number of nitro groups is 1. The third-order valence-corrected chi connectivity index (χ3v) is 3.84. The van der Waals surface area contributed by atoms with E-state index in [0.717, 1.165) is 0 Å². The Bertz CT molecular complexity index is 797. The molecule has 0 unspecified atom stereocenters. The minimum absolute atomic E-state index is 0.0964. The quantitative estimate of drug-likeness (QED) is 0.197. The van der Waals surface area contributed by atoms with Gasteiger partial charge in [-0.25, -0.2) is 9.97 Å². The lowest BCUT2D eigenvalue weighted by atomic mass is 10.4. The molecule has 12 heteroatoms. The molecular weight excluding hydrogens is 435 g/mol. The van der Waals surface area contributed by atoms with Crippen LogP contribution in [-0.4, -0.2) is 54.4 Å². The SMILES string of the molecule is CCOCCNc1nc(Cl)ccc1N.CCOCCNc1nc(Cl)ccc1[N+](=O)[O-]. The normalized spacial score (nSPS) is 10.1. The molecule has 0 spiro atoms. The van der Waals surface area contributed by atoms with Gasteiger partial charge in [-0.15, -0.1) is 0 Å². The van der Waals surface area contributed by atoms with Gasteiger partial charge < -0.3 is 25.8 Å². The minimum Gasteiger partial charge on any atom is -0.396 e. The molecule has 0 fully saturated rings. The van der Waals surface area contributed by atoms with Crippen LogP contribution in [0, 0.1) is 10.1 Å². The van der Waals surface area contributed by atoms with Crippen molar-refractivity contribution in [3.63, 3.8) is 0 Å². The Kier molecular flexibility index (Phi) is 12.4. The van der Waals surface area contributed by atoms with E-state index in [1.807, 2.05) is 13.8 Å². The van der Waals surface area contributed by atoms with E-state index < -0.39 is 4.92 Å². The molecule has 0 aliphatic carbocycles. The van der Waals surface area contributed by atoms with Crippen LogP contribution in [-0.2, 0) is 9.47 Å². The first-order valence-corrected chi connectivity index (χ1v) is 10.0. The average molecular weight is 461 g/mol. The van der Waals surface area contributed by atoms with Gasteiger partial charge in [0.05, 0.1) is 23.8 Å². The molecule has 4 N–H and O–H groups in total. The number of nitrogen functional groups attached to an aromatic ring is 1. The Labute approximate surface area is 185 Å². The zero-order valence-electron chi connectivity index (χ0n) is 16.9. The van der Waals surface area contributed by atoms with E-state index >= 15 is 0 Å². The summed E-state index contributed by atoms with van der Waals surface area (Å²) in [7, 11) is 0. The number of nitrogens with two attached hydrogens (primary N) is 1. The van der Waals surface area contributed by atoms with Gasteiger partial charge in [-0.05, 0) is 32.0 Å². The molecule has 0 saturated heterocycles. The average Bonchev–Trinajstić information content (AvgIpc) is 2.71. The summed E-state index contributed by atoms with van der Waals surface area (Å²) >= 11 is 11.4. The number of anilines is 3. The lowest BCUT2D eigenvalue weighted by Crippen LogP contribution is -2.11. The number of hydrogen-bond donors (Lipinski definition) is 3. The summed E-state index contributed by atoms with van der Waals surface area (Å²) in [6, 6.07) is 6.08. The highest BCUT2D eigenvalue weighted by Crippen LogP contribution is 2.23. The number of rotatable bonds is 11. The van der Waals surface area contributed by atoms with Crippen LogP contribution in [0.1, 0.15) is 13.8 Å². The minimum atomic E-state index is -0.508. The highest BCUT2D eigenvalue weighted by atomic mass is 35.5. The molecule has 2 heterocycles. The molecule has 10 nitrogen and oxygen atoms in total. The van der Waals surface area contributed by atoms with Crippen molar-refractivity contribution in [3.8, 4) is 0 Å². The van der Waals surface area contributed by atoms with Crippen LogP contribution in [0.2, 0.25) is 10.3 Å². The molecule has 0 bridgehead atoms. The zero-order chi connectivity index (χ0) is 22.4. The molecule has 30 heavy (non-hydrogen) atoms. The molecule has 0 atom stereocenters. The summed E-state index contributed by atoms with van der Waals surface area (Å²) in [5.74, 6) is 0.773. The van der Waals surface area contributed by atoms with E-state index in [2.05, 4.69) is 20.6 Å². The first-order valence-electron chi connectivity index (χ1n) is 9.25. The number of ether oxygens (including phenoxy) is 2. The van der Waals surface area contributed by atoms with Crippen LogP contribution in [0.4, 0.5) is 23.0 Å². The third kappa shape index (κ3) is 9.88. The maximum Gasteiger partial charge on any atom is 0.311 e. The van der Waals surface area contributed by atoms with Gasteiger partial charge in [0.25, 0.3) is 0 Å². The number of hydrogen-bond acceptors (Lipinski definition) is 9. The molecule has 2 aromatic rings. The van der Waals surface area contributed by atoms with Crippen LogP contribution in [0.15, 0.2) is 24.3 Å². The maximum atomic E-state index is 10.7. The maximum absolute atomic E-state index is 10.7. The van der Waals surface area contributed by atoms with Crippen molar-refractivity contribution in [3.05, 3.63) is 44.7 Å². The van der Waals surface area contributed by atoms with Gasteiger partial charge in [0.15, 0.2) is 5.82 Å². The molecule has 166 valence electrons. The third-order valence-electron chi connectivity index (χ3n) is 3.42. The largest absolute Gasteiger partial charge is 0.396 e. The number of halogens is 2. The molecule has 0 aliphatic rings. The number of aromatic nitrogens is 2. The Balaban J connectivity index is 0.000000303. The predicted molar refractivity (Wildman–Crippen MR) is 120 cm³/mol. The highest BCUT2D eigenvalue weighted by molar-refractivity contribution is 6.29. The number of nitrogens with one attached hydrogen (secondary N) is 2. The molecule has 0 aliphatic heterocycles. The molecule has 0 saturated carbocycles. The van der Waals surface area contributed by atoms with E-state index in [9.17, 15) is 10.1 Å². The van der Waals surface area contributed by atoms with Crippen molar-refractivity contribution in [2.45, 2.75) is 13.8 Å². The Morgan fingerprint density at radius 3 is 2.00 bits per heavy atom. The van der Waals surface area contributed by atoms with Crippen molar-refractivity contribution >= 4 is 46.2 Å². The predicted octanol–water partition coefficient (Wildman–Crippen LogP) is 3.86. The van der Waals surface area contributed by atoms with Crippen molar-refractivity contribution in [1.82, 2.24) is 9.97 Å². The van der Waals surface area contributed by atoms with Gasteiger partial charge >= 0.3 is 5.69 Å². The lowest BCUT2D eigenvalue weighted by Gasteiger charge is -2.07. The van der Waals surface area contributed by atoms with Crippen molar-refractivity contribution < 1.29 is 14.4 Å². The van der Waals surface area contributed by atoms with Crippen molar-refractivity contribution in [2.75, 3.05) is 55.9 Å². The summed E-state index contributed by atoms with van der Waals surface area (Å²) < 4.78 is 10.3. The fourth-order valence-corrected chi connectivity index (χ4v) is 2.36. The second kappa shape index (κ2) is 14.6. The van der Waals surface area contributed by atoms with Crippen LogP contribution in [0.5, 0.6) is 0 Å². The Hall–Kier alpha value is -2.40. The van der Waals surface area contributed by atoms with E-state index in [-0.39, 0.29) is 16.7 Å². The molecule has 2 rings (SSSR count). The van der Waals surface area contributed by atoms with Crippen molar-refractivity contribution in [2.24, 2.45) is 0 Å². The Morgan fingerprint density at radius 1 is 0.967 bits per heavy atom.